The van der Waals surface area contributed by atoms with Crippen LogP contribution in [0.3, 0.4) is 0 Å². The number of nitrogens with one attached hydrogen (secondary N) is 3. The van der Waals surface area contributed by atoms with E-state index in [1.165, 1.54) is 67.2 Å². The van der Waals surface area contributed by atoms with E-state index in [-0.39, 0.29) is 37.2 Å². The molecule has 558 valence electrons. The highest BCUT2D eigenvalue weighted by atomic mass is 35.5. The van der Waals surface area contributed by atoms with E-state index in [2.05, 4.69) is 22.5 Å². The number of piperidine rings is 1. The third-order valence-electron chi connectivity index (χ3n) is 20.7. The van der Waals surface area contributed by atoms with Gasteiger partial charge in [-0.05, 0) is 100 Å². The highest BCUT2D eigenvalue weighted by Crippen LogP contribution is 2.37. The van der Waals surface area contributed by atoms with Crippen LogP contribution in [-0.4, -0.2) is 263 Å². The normalized spacial score (nSPS) is 25.5. The summed E-state index contributed by atoms with van der Waals surface area (Å²) in [4.78, 5) is 201. The highest BCUT2D eigenvalue weighted by Gasteiger charge is 2.51. The van der Waals surface area contributed by atoms with Crippen molar-refractivity contribution in [2.75, 3.05) is 89.1 Å². The lowest BCUT2D eigenvalue weighted by Crippen LogP contribution is -2.66. The first-order valence-corrected chi connectivity index (χ1v) is 35.2. The van der Waals surface area contributed by atoms with Crippen LogP contribution in [0.25, 0.3) is 0 Å². The maximum atomic E-state index is 15.5. The van der Waals surface area contributed by atoms with E-state index in [0.29, 0.717) is 45.2 Å². The minimum Gasteiger partial charge on any atom is -0.481 e. The number of carbonyl (C=O) groups excluding carboxylic acids is 12. The molecule has 2 heterocycles. The van der Waals surface area contributed by atoms with Crippen LogP contribution in [0.4, 0.5) is 13.2 Å². The zero-order valence-electron chi connectivity index (χ0n) is 60.4. The van der Waals surface area contributed by atoms with Gasteiger partial charge in [0, 0.05) is 69.5 Å². The monoisotopic (exact) mass is 1430 g/mol. The van der Waals surface area contributed by atoms with Crippen LogP contribution in [0.1, 0.15) is 155 Å². The molecule has 4 aliphatic rings. The summed E-state index contributed by atoms with van der Waals surface area (Å²) in [7, 11) is 10.5. The van der Waals surface area contributed by atoms with Crippen molar-refractivity contribution in [3.8, 4) is 0 Å². The van der Waals surface area contributed by atoms with Crippen molar-refractivity contribution < 1.29 is 80.6 Å². The predicted octanol–water partition coefficient (Wildman–Crippen LogP) is 4.59. The molecule has 1 spiro atoms. The number of alkyl halides is 3. The van der Waals surface area contributed by atoms with Gasteiger partial charge in [-0.15, -0.1) is 6.58 Å². The number of carboxylic acid groups (broad SMARTS) is 1. The number of amides is 12. The van der Waals surface area contributed by atoms with Gasteiger partial charge in [-0.1, -0.05) is 103 Å². The molecule has 2 aliphatic carbocycles. The summed E-state index contributed by atoms with van der Waals surface area (Å²) in [6, 6.07) is -7.38. The Morgan fingerprint density at radius 1 is 0.690 bits per heavy atom. The first kappa shape index (κ1) is 82.8. The van der Waals surface area contributed by atoms with Gasteiger partial charge in [0.25, 0.3) is 0 Å². The molecule has 2 aliphatic heterocycles. The fraction of sp³-hybridized carbons (Fsp3) is 0.700. The second-order valence-corrected chi connectivity index (χ2v) is 28.6. The first-order valence-electron chi connectivity index (χ1n) is 34.8. The summed E-state index contributed by atoms with van der Waals surface area (Å²) < 4.78 is 41.7. The number of carboxylic acids is 1. The lowest BCUT2D eigenvalue weighted by molar-refractivity contribution is -0.157. The third-order valence-corrected chi connectivity index (χ3v) is 21.0. The number of benzene rings is 1. The number of hydrogen-bond acceptors (Lipinski definition) is 13. The quantitative estimate of drug-likeness (QED) is 0.197. The van der Waals surface area contributed by atoms with Gasteiger partial charge in [-0.3, -0.25) is 62.3 Å². The summed E-state index contributed by atoms with van der Waals surface area (Å²) in [5.41, 5.74) is -2.82. The van der Waals surface area contributed by atoms with E-state index in [1.54, 1.807) is 32.6 Å². The summed E-state index contributed by atoms with van der Waals surface area (Å²) in [5.74, 6) is -14.2. The Labute approximate surface area is 590 Å². The molecule has 4 N–H and O–H groups in total. The number of carbonyl (C=O) groups is 13. The molecule has 100 heavy (non-hydrogen) atoms. The highest BCUT2D eigenvalue weighted by molar-refractivity contribution is 6.31. The van der Waals surface area contributed by atoms with Crippen LogP contribution in [0.2, 0.25) is 5.02 Å². The number of allylic oxidation sites excluding steroid dienone is 1. The van der Waals surface area contributed by atoms with Crippen LogP contribution in [0.5, 0.6) is 0 Å². The van der Waals surface area contributed by atoms with Crippen molar-refractivity contribution >= 4 is 88.5 Å². The number of likely N-dealkylation sites (N-methyl/N-ethyl adjacent to an activating group) is 8. The molecule has 9 atom stereocenters. The molecule has 4 fully saturated rings. The second-order valence-electron chi connectivity index (χ2n) is 28.2. The van der Waals surface area contributed by atoms with Crippen molar-refractivity contribution in [2.45, 2.75) is 204 Å². The fourth-order valence-electron chi connectivity index (χ4n) is 14.0. The number of hydrogen-bond donors (Lipinski definition) is 4. The number of aryl methyl sites for hydroxylation is 1. The zero-order chi connectivity index (χ0) is 75.0. The van der Waals surface area contributed by atoms with Crippen molar-refractivity contribution in [2.24, 2.45) is 23.7 Å². The lowest BCUT2D eigenvalue weighted by Gasteiger charge is -2.42. The zero-order valence-corrected chi connectivity index (χ0v) is 61.2. The van der Waals surface area contributed by atoms with Gasteiger partial charge >= 0.3 is 12.1 Å². The predicted molar refractivity (Wildman–Crippen MR) is 366 cm³/mol. The summed E-state index contributed by atoms with van der Waals surface area (Å²) in [6.45, 7) is 10.7. The molecular formula is C70H106ClF3N12O14. The van der Waals surface area contributed by atoms with Crippen LogP contribution in [-0.2, 0) is 74.9 Å². The largest absolute Gasteiger partial charge is 0.481 e. The van der Waals surface area contributed by atoms with E-state index in [0.717, 1.165) is 98.1 Å². The van der Waals surface area contributed by atoms with E-state index < -0.39 is 198 Å². The van der Waals surface area contributed by atoms with Gasteiger partial charge in [0.15, 0.2) is 0 Å². The summed E-state index contributed by atoms with van der Waals surface area (Å²) in [5, 5.41) is 18.4. The van der Waals surface area contributed by atoms with Crippen LogP contribution < -0.4 is 16.0 Å². The topological polar surface area (TPSA) is 307 Å². The Bertz CT molecular complexity index is 3160. The molecule has 1 aromatic carbocycles. The number of rotatable bonds is 13. The Hall–Kier alpha value is -7.85. The third kappa shape index (κ3) is 20.9. The average Bonchev–Trinajstić information content (AvgIpc) is 1.41. The Morgan fingerprint density at radius 3 is 1.84 bits per heavy atom. The van der Waals surface area contributed by atoms with Gasteiger partial charge in [-0.2, -0.15) is 13.2 Å². The summed E-state index contributed by atoms with van der Waals surface area (Å²) in [6.07, 6.45) is 2.05. The maximum Gasteiger partial charge on any atom is 0.417 e. The van der Waals surface area contributed by atoms with Crippen molar-refractivity contribution in [3.63, 3.8) is 0 Å². The van der Waals surface area contributed by atoms with Crippen molar-refractivity contribution in [1.82, 2.24) is 60.0 Å². The van der Waals surface area contributed by atoms with Gasteiger partial charge < -0.3 is 65.2 Å². The number of aliphatic carboxylic acids is 1. The molecule has 5 rings (SSSR count). The van der Waals surface area contributed by atoms with Gasteiger partial charge in [0.2, 0.25) is 70.9 Å². The molecule has 0 radical (unpaired) electrons. The maximum absolute atomic E-state index is 15.5. The molecule has 30 heteroatoms. The standard InChI is InChI=1S/C70H106ClF3N12O14/c1-15-25-47(67(98)99)59-61(92)77-69(32-21-22-33-69)68(100)85(14)58(42(3)4)66(97)83(12)52(64(95)86-34-23-18-24-35-86)38-54(88)81(10)44(6)60(91)76-57(43(5)16-2)65(96)80(9)40-55(89)78(7)41-56(90)82(11)51(37-45-26-19-17-20-27-45)63(94)79(8)39-53(87)75-50(62(93)84(59)13)31-29-46-28-30-48(49(71)36-46)70(72,73)74/h15,28,30,36,42-45,47,50-52,57-59H,1,16-27,29,31-35,37-41H2,2-14H3,(H,75,87)(H,76,91)(H,77,92)(H,98,99)/t43-,44-,47?,50-,51-,52-,57-,58-,59-/m0/s1. The van der Waals surface area contributed by atoms with Crippen molar-refractivity contribution in [3.05, 3.63) is 47.0 Å². The molecule has 2 saturated carbocycles. The van der Waals surface area contributed by atoms with Gasteiger partial charge in [0.05, 0.1) is 42.6 Å². The van der Waals surface area contributed by atoms with Crippen LogP contribution in [0, 0.1) is 23.7 Å². The smallest absolute Gasteiger partial charge is 0.417 e. The number of halogens is 4. The Balaban J connectivity index is 1.66. The second kappa shape index (κ2) is 36.7. The van der Waals surface area contributed by atoms with Crippen LogP contribution >= 0.6 is 11.6 Å². The molecule has 0 bridgehead atoms. The Kier molecular flexibility index (Phi) is 30.4. The lowest BCUT2D eigenvalue weighted by atomic mass is 9.84. The molecule has 0 aromatic heterocycles. The van der Waals surface area contributed by atoms with E-state index >= 15 is 19.2 Å². The SMILES string of the molecule is C=CCC(C(=O)O)[C@H]1C(=O)NC2(CCCC2)C(=O)N(C)[C@@H](C(C)C)C(=O)N(C)[C@H](C(=O)N2CCCCC2)CC(=O)N(C)[C@@H](C)C(=O)N[C@@H]([C@@H](C)CC)C(=O)N(C)CC(=O)N(C)CC(=O)N(C)[C@@H](CC2CCCCC2)C(=O)N(C)CC(=O)N[C@@H](CCc2ccc(C(F)(F)F)c(Cl)c2)C(=O)N1C. The van der Waals surface area contributed by atoms with Crippen LogP contribution in [0.15, 0.2) is 30.9 Å². The molecule has 26 nitrogen and oxygen atoms in total. The molecule has 1 unspecified atom stereocenters. The number of nitrogens with zero attached hydrogens (tertiary/aromatic N) is 9. The van der Waals surface area contributed by atoms with Gasteiger partial charge in [-0.25, -0.2) is 0 Å². The summed E-state index contributed by atoms with van der Waals surface area (Å²) >= 11 is 6.13. The average molecular weight is 1430 g/mol. The van der Waals surface area contributed by atoms with E-state index in [4.69, 9.17) is 11.6 Å². The first-order chi connectivity index (χ1) is 46.8. The fourth-order valence-corrected chi connectivity index (χ4v) is 14.3. The molecule has 1 aromatic rings. The van der Waals surface area contributed by atoms with Gasteiger partial charge in [0.1, 0.15) is 47.8 Å². The minimum atomic E-state index is -4.83. The van der Waals surface area contributed by atoms with E-state index in [1.807, 2.05) is 0 Å². The molecular weight excluding hydrogens is 1330 g/mol. The van der Waals surface area contributed by atoms with Crippen molar-refractivity contribution in [1.29, 1.82) is 0 Å². The minimum absolute atomic E-state index is 0.0330. The Morgan fingerprint density at radius 2 is 1.28 bits per heavy atom. The molecule has 12 amide bonds. The number of likely N-dealkylation sites (tertiary alicyclic amines) is 1. The van der Waals surface area contributed by atoms with E-state index in [9.17, 15) is 61.4 Å². The molecule has 2 saturated heterocycles.